The summed E-state index contributed by atoms with van der Waals surface area (Å²) >= 11 is 0. The quantitative estimate of drug-likeness (QED) is 0.683. The van der Waals surface area contributed by atoms with E-state index in [1.807, 2.05) is 5.32 Å². The highest BCUT2D eigenvalue weighted by atomic mass is 19.4. The first kappa shape index (κ1) is 12.5. The van der Waals surface area contributed by atoms with E-state index in [1.165, 1.54) is 6.20 Å². The predicted molar refractivity (Wildman–Crippen MR) is 49.4 cm³/mol. The van der Waals surface area contributed by atoms with E-state index in [4.69, 9.17) is 0 Å². The van der Waals surface area contributed by atoms with Crippen molar-refractivity contribution in [3.8, 4) is 0 Å². The average Bonchev–Trinajstić information content (AvgIpc) is 2.65. The summed E-state index contributed by atoms with van der Waals surface area (Å²) in [5.74, 6) is -0.495. The molecular weight excluding hydrogens is 225 g/mol. The molecule has 3 N–H and O–H groups in total. The van der Waals surface area contributed by atoms with Crippen molar-refractivity contribution in [2.24, 2.45) is 0 Å². The second-order valence-electron chi connectivity index (χ2n) is 3.10. The fraction of sp³-hybridized carbons (Fsp3) is 0.500. The van der Waals surface area contributed by atoms with Gasteiger partial charge < -0.3 is 10.6 Å². The zero-order valence-electron chi connectivity index (χ0n) is 8.27. The van der Waals surface area contributed by atoms with Crippen molar-refractivity contribution < 1.29 is 18.0 Å². The lowest BCUT2D eigenvalue weighted by atomic mass is 10.3. The van der Waals surface area contributed by atoms with Crippen LogP contribution >= 0.6 is 0 Å². The smallest absolute Gasteiger partial charge is 0.351 e. The van der Waals surface area contributed by atoms with Crippen LogP contribution in [0.15, 0.2) is 12.4 Å². The zero-order valence-corrected chi connectivity index (χ0v) is 8.27. The lowest BCUT2D eigenvalue weighted by Crippen LogP contribution is -2.37. The lowest BCUT2D eigenvalue weighted by molar-refractivity contribution is -0.128. The molecule has 0 fully saturated rings. The third kappa shape index (κ3) is 5.35. The number of carbonyl (C=O) groups excluding carboxylic acids is 1. The molecule has 0 radical (unpaired) electrons. The minimum absolute atomic E-state index is 0.239. The number of hydrogen-bond acceptors (Lipinski definition) is 3. The average molecular weight is 236 g/mol. The fourth-order valence-electron chi connectivity index (χ4n) is 0.955. The van der Waals surface area contributed by atoms with Gasteiger partial charge in [0, 0.05) is 18.3 Å². The van der Waals surface area contributed by atoms with Gasteiger partial charge in [0.2, 0.25) is 5.91 Å². The number of halogens is 3. The van der Waals surface area contributed by atoms with Crippen LogP contribution in [-0.2, 0) is 11.3 Å². The number of nitrogens with zero attached hydrogens (tertiary/aromatic N) is 1. The van der Waals surface area contributed by atoms with Gasteiger partial charge in [-0.05, 0) is 0 Å². The van der Waals surface area contributed by atoms with Crippen LogP contribution < -0.4 is 10.6 Å². The normalized spacial score (nSPS) is 11.4. The van der Waals surface area contributed by atoms with Gasteiger partial charge in [-0.2, -0.15) is 18.3 Å². The summed E-state index contributed by atoms with van der Waals surface area (Å²) < 4.78 is 35.1. The van der Waals surface area contributed by atoms with Crippen LogP contribution in [-0.4, -0.2) is 35.4 Å². The van der Waals surface area contributed by atoms with Crippen molar-refractivity contribution in [1.29, 1.82) is 0 Å². The van der Waals surface area contributed by atoms with E-state index < -0.39 is 18.6 Å². The van der Waals surface area contributed by atoms with Crippen LogP contribution in [0.4, 0.5) is 13.2 Å². The van der Waals surface area contributed by atoms with E-state index in [0.717, 1.165) is 5.56 Å². The Morgan fingerprint density at radius 1 is 1.50 bits per heavy atom. The van der Waals surface area contributed by atoms with Crippen LogP contribution in [0.2, 0.25) is 0 Å². The predicted octanol–water partition coefficient (Wildman–Crippen LogP) is 0.178. The minimum atomic E-state index is -4.30. The Balaban J connectivity index is 2.12. The molecule has 1 aromatic heterocycles. The molecule has 1 heterocycles. The molecule has 0 aromatic carbocycles. The maximum Gasteiger partial charge on any atom is 0.401 e. The van der Waals surface area contributed by atoms with Crippen molar-refractivity contribution in [2.75, 3.05) is 13.1 Å². The Labute approximate surface area is 89.4 Å². The molecule has 0 bridgehead atoms. The summed E-state index contributed by atoms with van der Waals surface area (Å²) in [5, 5.41) is 10.6. The number of amides is 1. The molecular formula is C8H11F3N4O. The van der Waals surface area contributed by atoms with Gasteiger partial charge in [0.1, 0.15) is 0 Å². The third-order valence-corrected chi connectivity index (χ3v) is 1.66. The highest BCUT2D eigenvalue weighted by molar-refractivity contribution is 5.77. The molecule has 0 saturated heterocycles. The molecule has 0 saturated carbocycles. The Morgan fingerprint density at radius 2 is 2.25 bits per heavy atom. The number of rotatable bonds is 5. The molecule has 5 nitrogen and oxygen atoms in total. The summed E-state index contributed by atoms with van der Waals surface area (Å²) in [5.41, 5.74) is 0.754. The number of nitrogens with one attached hydrogen (secondary N) is 3. The Hall–Kier alpha value is -1.57. The molecule has 0 aliphatic heterocycles. The van der Waals surface area contributed by atoms with Gasteiger partial charge in [-0.3, -0.25) is 9.89 Å². The van der Waals surface area contributed by atoms with E-state index in [-0.39, 0.29) is 13.1 Å². The first-order valence-corrected chi connectivity index (χ1v) is 4.49. The molecule has 0 aliphatic rings. The summed E-state index contributed by atoms with van der Waals surface area (Å²) in [6, 6.07) is 0. The van der Waals surface area contributed by atoms with Crippen LogP contribution in [0.3, 0.4) is 0 Å². The molecule has 8 heteroatoms. The van der Waals surface area contributed by atoms with E-state index in [9.17, 15) is 18.0 Å². The topological polar surface area (TPSA) is 69.8 Å². The Morgan fingerprint density at radius 3 is 2.81 bits per heavy atom. The van der Waals surface area contributed by atoms with Gasteiger partial charge in [0.25, 0.3) is 0 Å². The molecule has 1 aromatic rings. The monoisotopic (exact) mass is 236 g/mol. The fourth-order valence-corrected chi connectivity index (χ4v) is 0.955. The highest BCUT2D eigenvalue weighted by Crippen LogP contribution is 2.11. The van der Waals surface area contributed by atoms with Crippen LogP contribution in [0.5, 0.6) is 0 Å². The largest absolute Gasteiger partial charge is 0.401 e. The van der Waals surface area contributed by atoms with E-state index in [0.29, 0.717) is 0 Å². The summed E-state index contributed by atoms with van der Waals surface area (Å²) in [6.45, 7) is -1.30. The number of H-pyrrole nitrogens is 1. The second-order valence-corrected chi connectivity index (χ2v) is 3.10. The van der Waals surface area contributed by atoms with Crippen molar-refractivity contribution in [1.82, 2.24) is 20.8 Å². The van der Waals surface area contributed by atoms with Gasteiger partial charge in [-0.1, -0.05) is 0 Å². The number of alkyl halides is 3. The number of aromatic nitrogens is 2. The van der Waals surface area contributed by atoms with Crippen LogP contribution in [0, 0.1) is 0 Å². The SMILES string of the molecule is O=C(CNCC(F)(F)F)NCc1cn[nH]c1. The van der Waals surface area contributed by atoms with Crippen LogP contribution in [0.1, 0.15) is 5.56 Å². The molecule has 0 unspecified atom stereocenters. The third-order valence-electron chi connectivity index (χ3n) is 1.66. The van der Waals surface area contributed by atoms with Gasteiger partial charge in [0.05, 0.1) is 19.3 Å². The van der Waals surface area contributed by atoms with Gasteiger partial charge in [-0.15, -0.1) is 0 Å². The summed E-state index contributed by atoms with van der Waals surface area (Å²) in [6.07, 6.45) is -1.20. The Bertz CT molecular complexity index is 323. The van der Waals surface area contributed by atoms with Crippen molar-refractivity contribution >= 4 is 5.91 Å². The van der Waals surface area contributed by atoms with Gasteiger partial charge in [-0.25, -0.2) is 0 Å². The molecule has 0 aliphatic carbocycles. The van der Waals surface area contributed by atoms with E-state index >= 15 is 0 Å². The summed E-state index contributed by atoms with van der Waals surface area (Å²) in [7, 11) is 0. The number of carbonyl (C=O) groups is 1. The lowest BCUT2D eigenvalue weighted by Gasteiger charge is -2.08. The molecule has 0 spiro atoms. The Kier molecular flexibility index (Phi) is 4.29. The van der Waals surface area contributed by atoms with E-state index in [2.05, 4.69) is 15.5 Å². The number of aromatic amines is 1. The second kappa shape index (κ2) is 5.50. The molecule has 16 heavy (non-hydrogen) atoms. The van der Waals surface area contributed by atoms with Gasteiger partial charge in [0.15, 0.2) is 0 Å². The van der Waals surface area contributed by atoms with Crippen molar-refractivity contribution in [2.45, 2.75) is 12.7 Å². The number of hydrogen-bond donors (Lipinski definition) is 3. The highest BCUT2D eigenvalue weighted by Gasteiger charge is 2.26. The minimum Gasteiger partial charge on any atom is -0.351 e. The molecule has 1 amide bonds. The molecule has 90 valence electrons. The molecule has 0 atom stereocenters. The first-order valence-electron chi connectivity index (χ1n) is 4.49. The van der Waals surface area contributed by atoms with Gasteiger partial charge >= 0.3 is 6.18 Å². The standard InChI is InChI=1S/C8H11F3N4O/c9-8(10,11)5-12-4-7(16)13-1-6-2-14-15-3-6/h2-3,12H,1,4-5H2,(H,13,16)(H,14,15). The van der Waals surface area contributed by atoms with Crippen LogP contribution in [0.25, 0.3) is 0 Å². The zero-order chi connectivity index (χ0) is 12.0. The van der Waals surface area contributed by atoms with E-state index in [1.54, 1.807) is 6.20 Å². The molecule has 1 rings (SSSR count). The van der Waals surface area contributed by atoms with Crippen molar-refractivity contribution in [3.05, 3.63) is 18.0 Å². The maximum atomic E-state index is 11.7. The van der Waals surface area contributed by atoms with Crippen molar-refractivity contribution in [3.63, 3.8) is 0 Å². The first-order chi connectivity index (χ1) is 7.47. The maximum absolute atomic E-state index is 11.7. The summed E-state index contributed by atoms with van der Waals surface area (Å²) in [4.78, 5) is 11.1.